The van der Waals surface area contributed by atoms with Crippen LogP contribution in [0.2, 0.25) is 0 Å². The van der Waals surface area contributed by atoms with Crippen LogP contribution in [0.25, 0.3) is 0 Å². The smallest absolute Gasteiger partial charge is 0.333 e. The molecule has 8 nitrogen and oxygen atoms in total. The van der Waals surface area contributed by atoms with Gasteiger partial charge in [0.05, 0.1) is 42.6 Å². The van der Waals surface area contributed by atoms with Gasteiger partial charge >= 0.3 is 5.97 Å². The zero-order valence-electron chi connectivity index (χ0n) is 37.6. The van der Waals surface area contributed by atoms with Crippen LogP contribution in [0, 0.1) is 44.5 Å². The van der Waals surface area contributed by atoms with Gasteiger partial charge < -0.3 is 14.2 Å². The number of nitrogens with zero attached hydrogens (tertiary/aromatic N) is 4. The zero-order chi connectivity index (χ0) is 44.7. The van der Waals surface area contributed by atoms with Crippen molar-refractivity contribution in [1.29, 1.82) is 0 Å². The van der Waals surface area contributed by atoms with Crippen LogP contribution in [0.15, 0.2) is 136 Å². The number of carbonyl (C=O) groups is 1. The molecular formula is C55H60N4O4. The Morgan fingerprint density at radius 3 is 1.40 bits per heavy atom. The highest BCUT2D eigenvalue weighted by Crippen LogP contribution is 2.26. The van der Waals surface area contributed by atoms with Crippen LogP contribution in [0.1, 0.15) is 117 Å². The van der Waals surface area contributed by atoms with E-state index in [1.807, 2.05) is 118 Å². The number of aryl methyl sites for hydroxylation is 3. The van der Waals surface area contributed by atoms with E-state index >= 15 is 0 Å². The van der Waals surface area contributed by atoms with E-state index in [-0.39, 0.29) is 5.97 Å². The largest absolute Gasteiger partial charge is 0.494 e. The Labute approximate surface area is 374 Å². The second-order valence-corrected chi connectivity index (χ2v) is 15.7. The van der Waals surface area contributed by atoms with Gasteiger partial charge in [-0.05, 0) is 167 Å². The Morgan fingerprint density at radius 1 is 0.508 bits per heavy atom. The fourth-order valence-electron chi connectivity index (χ4n) is 6.56. The van der Waals surface area contributed by atoms with Gasteiger partial charge in [-0.2, -0.15) is 20.5 Å². The van der Waals surface area contributed by atoms with Crippen molar-refractivity contribution < 1.29 is 19.0 Å². The highest BCUT2D eigenvalue weighted by Gasteiger charge is 2.04. The Bertz CT molecular complexity index is 2460. The van der Waals surface area contributed by atoms with E-state index in [1.165, 1.54) is 44.9 Å². The van der Waals surface area contributed by atoms with Gasteiger partial charge in [0.1, 0.15) is 11.5 Å². The van der Waals surface area contributed by atoms with Crippen molar-refractivity contribution in [3.63, 3.8) is 0 Å². The maximum atomic E-state index is 11.4. The molecule has 0 fully saturated rings. The molecule has 5 rings (SSSR count). The summed E-state index contributed by atoms with van der Waals surface area (Å²) < 4.78 is 16.6. The number of ether oxygens (including phenoxy) is 3. The molecule has 0 aliphatic carbocycles. The predicted octanol–water partition coefficient (Wildman–Crippen LogP) is 15.0. The monoisotopic (exact) mass is 840 g/mol. The molecule has 0 radical (unpaired) electrons. The maximum Gasteiger partial charge on any atom is 0.333 e. The molecule has 0 heterocycles. The first-order valence-corrected chi connectivity index (χ1v) is 22.1. The van der Waals surface area contributed by atoms with Crippen LogP contribution in [0.4, 0.5) is 22.7 Å². The van der Waals surface area contributed by atoms with Gasteiger partial charge in [-0.1, -0.05) is 81.6 Å². The van der Waals surface area contributed by atoms with E-state index < -0.39 is 0 Å². The van der Waals surface area contributed by atoms with Crippen molar-refractivity contribution in [2.45, 2.75) is 98.8 Å². The van der Waals surface area contributed by atoms with Crippen LogP contribution < -0.4 is 9.47 Å². The number of benzene rings is 5. The van der Waals surface area contributed by atoms with E-state index in [4.69, 9.17) is 14.2 Å². The lowest BCUT2D eigenvalue weighted by atomic mass is 10.0. The molecule has 0 unspecified atom stereocenters. The fraction of sp³-hybridized carbons (Fsp3) is 0.327. The van der Waals surface area contributed by atoms with Crippen LogP contribution >= 0.6 is 0 Å². The van der Waals surface area contributed by atoms with Crippen LogP contribution in [0.3, 0.4) is 0 Å². The number of esters is 1. The van der Waals surface area contributed by atoms with Gasteiger partial charge in [0.2, 0.25) is 0 Å². The maximum absolute atomic E-state index is 11.4. The molecule has 8 heteroatoms. The molecule has 0 spiro atoms. The van der Waals surface area contributed by atoms with Crippen molar-refractivity contribution >= 4 is 28.7 Å². The summed E-state index contributed by atoms with van der Waals surface area (Å²) in [6.45, 7) is 15.2. The summed E-state index contributed by atoms with van der Waals surface area (Å²) in [5.41, 5.74) is 10.4. The fourth-order valence-corrected chi connectivity index (χ4v) is 6.56. The standard InChI is InChI=1S/C55H60N4O4/c1-7-61-51-30-26-49(27-31-51)56-58-53-34-22-46(39-43(53)5)19-18-45-20-24-48(42(4)38-45)25-21-47-23-35-54(44(6)40-47)59-57-50-28-32-52(33-29-50)62-36-16-14-12-10-8-9-11-13-15-17-37-63-55(60)41(2)3/h20,22-24,26-35,38-40H,2,7-17,36-37H2,1,3-6H3. The molecule has 0 amide bonds. The lowest BCUT2D eigenvalue weighted by Gasteiger charge is -2.06. The first kappa shape index (κ1) is 47.3. The quantitative estimate of drug-likeness (QED) is 0.0242. The molecule has 0 N–H and O–H groups in total. The molecule has 0 bridgehead atoms. The average molecular weight is 841 g/mol. The molecule has 0 aliphatic rings. The summed E-state index contributed by atoms with van der Waals surface area (Å²) in [4.78, 5) is 11.4. The van der Waals surface area contributed by atoms with Crippen LogP contribution in [-0.4, -0.2) is 25.8 Å². The van der Waals surface area contributed by atoms with E-state index in [1.54, 1.807) is 6.92 Å². The summed E-state index contributed by atoms with van der Waals surface area (Å²) in [6, 6.07) is 33.4. The Hall–Kier alpha value is -6.77. The van der Waals surface area contributed by atoms with Crippen molar-refractivity contribution in [3.05, 3.63) is 154 Å². The number of hydrogen-bond donors (Lipinski definition) is 0. The molecule has 5 aromatic rings. The third kappa shape index (κ3) is 16.9. The second kappa shape index (κ2) is 25.9. The Kier molecular flexibility index (Phi) is 19.4. The van der Waals surface area contributed by atoms with Gasteiger partial charge in [-0.15, -0.1) is 0 Å². The van der Waals surface area contributed by atoms with E-state index in [0.717, 1.165) is 92.5 Å². The summed E-state index contributed by atoms with van der Waals surface area (Å²) in [5.74, 6) is 14.6. The first-order chi connectivity index (χ1) is 30.7. The summed E-state index contributed by atoms with van der Waals surface area (Å²) >= 11 is 0. The minimum Gasteiger partial charge on any atom is -0.494 e. The van der Waals surface area contributed by atoms with Gasteiger partial charge in [0.15, 0.2) is 0 Å². The molecule has 0 aliphatic heterocycles. The first-order valence-electron chi connectivity index (χ1n) is 22.1. The molecule has 0 atom stereocenters. The lowest BCUT2D eigenvalue weighted by molar-refractivity contribution is -0.139. The SMILES string of the molecule is C=C(C)C(=O)OCCCCCCCCCCCCOc1ccc(N=Nc2ccc(C#Cc3ccc(C#Cc4ccc(N=Nc5ccc(OCC)cc5)c(C)c4)cc3C)cc2C)cc1. The number of carbonyl (C=O) groups excluding carboxylic acids is 1. The van der Waals surface area contributed by atoms with E-state index in [2.05, 4.69) is 63.7 Å². The molecule has 5 aromatic carbocycles. The molecular weight excluding hydrogens is 781 g/mol. The number of azo groups is 2. The Balaban J connectivity index is 1.00. The average Bonchev–Trinajstić information content (AvgIpc) is 3.28. The van der Waals surface area contributed by atoms with Gasteiger partial charge in [0.25, 0.3) is 0 Å². The third-order valence-electron chi connectivity index (χ3n) is 10.2. The number of unbranched alkanes of at least 4 members (excludes halogenated alkanes) is 9. The lowest BCUT2D eigenvalue weighted by Crippen LogP contribution is -2.05. The van der Waals surface area contributed by atoms with Crippen molar-refractivity contribution in [1.82, 2.24) is 0 Å². The summed E-state index contributed by atoms with van der Waals surface area (Å²) in [7, 11) is 0. The highest BCUT2D eigenvalue weighted by atomic mass is 16.5. The topological polar surface area (TPSA) is 94.2 Å². The third-order valence-corrected chi connectivity index (χ3v) is 10.2. The Morgan fingerprint density at radius 2 is 0.937 bits per heavy atom. The minimum atomic E-state index is -0.287. The minimum absolute atomic E-state index is 0.287. The molecule has 0 aromatic heterocycles. The van der Waals surface area contributed by atoms with E-state index in [9.17, 15) is 4.79 Å². The predicted molar refractivity (Wildman–Crippen MR) is 255 cm³/mol. The number of rotatable bonds is 21. The van der Waals surface area contributed by atoms with Gasteiger partial charge in [0, 0.05) is 27.8 Å². The normalized spacial score (nSPS) is 10.9. The summed E-state index contributed by atoms with van der Waals surface area (Å²) in [6.07, 6.45) is 11.7. The van der Waals surface area contributed by atoms with Gasteiger partial charge in [-0.25, -0.2) is 4.79 Å². The second-order valence-electron chi connectivity index (χ2n) is 15.7. The molecule has 0 saturated heterocycles. The van der Waals surface area contributed by atoms with Crippen LogP contribution in [0.5, 0.6) is 11.5 Å². The van der Waals surface area contributed by atoms with Crippen LogP contribution in [-0.2, 0) is 9.53 Å². The number of hydrogen-bond acceptors (Lipinski definition) is 8. The summed E-state index contributed by atoms with van der Waals surface area (Å²) in [5, 5.41) is 17.8. The van der Waals surface area contributed by atoms with Crippen molar-refractivity contribution in [2.75, 3.05) is 19.8 Å². The molecule has 63 heavy (non-hydrogen) atoms. The molecule has 324 valence electrons. The van der Waals surface area contributed by atoms with Crippen molar-refractivity contribution in [3.8, 4) is 35.2 Å². The van der Waals surface area contributed by atoms with Crippen molar-refractivity contribution in [2.24, 2.45) is 20.5 Å². The van der Waals surface area contributed by atoms with E-state index in [0.29, 0.717) is 25.4 Å². The van der Waals surface area contributed by atoms with Gasteiger partial charge in [-0.3, -0.25) is 0 Å². The molecule has 0 saturated carbocycles. The highest BCUT2D eigenvalue weighted by molar-refractivity contribution is 5.86. The zero-order valence-corrected chi connectivity index (χ0v) is 37.6.